The summed E-state index contributed by atoms with van der Waals surface area (Å²) in [4.78, 5) is 19.7. The monoisotopic (exact) mass is 567 g/mol. The number of nitrogens with two attached hydrogens (primary N) is 1. The van der Waals surface area contributed by atoms with Gasteiger partial charge in [-0.15, -0.1) is 5.16 Å². The first kappa shape index (κ1) is 46.0. The minimum Gasteiger partial charge on any atom is -0.498 e. The van der Waals surface area contributed by atoms with Gasteiger partial charge in [0.05, 0.1) is 18.3 Å². The van der Waals surface area contributed by atoms with E-state index in [1.165, 1.54) is 64.2 Å². The number of rotatable bonds is 19. The van der Waals surface area contributed by atoms with Crippen LogP contribution in [0.2, 0.25) is 0 Å². The highest BCUT2D eigenvalue weighted by Gasteiger charge is 1.94. The van der Waals surface area contributed by atoms with E-state index >= 15 is 0 Å². The lowest BCUT2D eigenvalue weighted by molar-refractivity contribution is -0.137. The van der Waals surface area contributed by atoms with Gasteiger partial charge in [0.25, 0.3) is 6.07 Å². The Morgan fingerprint density at radius 1 is 0.868 bits per heavy atom. The highest BCUT2D eigenvalue weighted by atomic mass is 35.5. The van der Waals surface area contributed by atoms with E-state index in [-0.39, 0.29) is 0 Å². The van der Waals surface area contributed by atoms with Crippen LogP contribution in [0.5, 0.6) is 0 Å². The van der Waals surface area contributed by atoms with Crippen LogP contribution in [-0.2, 0) is 14.0 Å². The number of aliphatic carboxylic acids is 1. The fourth-order valence-electron chi connectivity index (χ4n) is 2.75. The summed E-state index contributed by atoms with van der Waals surface area (Å²) in [7, 11) is 0. The maximum atomic E-state index is 9.96. The molecule has 0 aromatic heterocycles. The number of unbranched alkanes of at least 4 members (excludes halogenated alkanes) is 15. The number of aldehydes is 1. The van der Waals surface area contributed by atoms with Crippen LogP contribution >= 0.6 is 11.9 Å². The van der Waals surface area contributed by atoms with E-state index in [0.717, 1.165) is 64.1 Å². The second-order valence-corrected chi connectivity index (χ2v) is 8.70. The normalized spacial score (nSPS) is 9.11. The molecule has 0 atom stereocenters. The Balaban J connectivity index is -0.000000123. The number of carboxylic acid groups (broad SMARTS) is 1. The number of nitrogens with zero attached hydrogens (tertiary/aromatic N) is 2. The average molecular weight is 568 g/mol. The number of carbonyl (C=O) groups is 2. The van der Waals surface area contributed by atoms with Gasteiger partial charge in [0, 0.05) is 24.1 Å². The van der Waals surface area contributed by atoms with Gasteiger partial charge >= 0.3 is 5.97 Å². The number of halogens is 1. The van der Waals surface area contributed by atoms with Gasteiger partial charge in [0.1, 0.15) is 6.29 Å². The molecule has 0 amide bonds. The third-order valence-corrected chi connectivity index (χ3v) is 4.89. The molecular formula is C28H58ClN3O6. The molecule has 0 heterocycles. The zero-order chi connectivity index (χ0) is 30.0. The lowest BCUT2D eigenvalue weighted by atomic mass is 10.2. The standard InChI is InChI=1S/C7H15NO.C7H13NO.C7H14O2.C7H14O.ClH2NO/c2*1-2-3-4-5-6-7-8-9;1-2-3-4-5-6-7(8)9;1-2-3-4-5-6-7-8;1-3-2/h7,9H,2-6H2,1H3;2-6H2,1H3;2-6H2,1H3,(H,8,9);7H,2-6H2,1H3;2H2/b8-7+;;;;. The summed E-state index contributed by atoms with van der Waals surface area (Å²) in [5, 5.41) is 31.1. The minimum absolute atomic E-state index is 0.333. The van der Waals surface area contributed by atoms with Crippen LogP contribution in [0.15, 0.2) is 5.16 Å². The smallest absolute Gasteiger partial charge is 0.303 e. The van der Waals surface area contributed by atoms with E-state index in [4.69, 9.17) is 10.3 Å². The molecule has 0 saturated heterocycles. The van der Waals surface area contributed by atoms with Crippen LogP contribution in [0.1, 0.15) is 156 Å². The van der Waals surface area contributed by atoms with Gasteiger partial charge in [0.2, 0.25) is 0 Å². The quantitative estimate of drug-likeness (QED) is 0.0462. The molecule has 9 nitrogen and oxygen atoms in total. The molecule has 0 aliphatic carbocycles. The van der Waals surface area contributed by atoms with Crippen molar-refractivity contribution in [3.63, 3.8) is 0 Å². The molecule has 4 N–H and O–H groups in total. The molecule has 0 aromatic carbocycles. The molecule has 0 spiro atoms. The molecule has 0 aliphatic rings. The zero-order valence-electron chi connectivity index (χ0n) is 24.7. The Labute approximate surface area is 238 Å². The van der Waals surface area contributed by atoms with Crippen molar-refractivity contribution >= 4 is 30.3 Å². The van der Waals surface area contributed by atoms with Crippen molar-refractivity contribution in [3.05, 3.63) is 10.2 Å². The van der Waals surface area contributed by atoms with Crippen LogP contribution in [0.3, 0.4) is 0 Å². The Kier molecular flexibility index (Phi) is 67.3. The van der Waals surface area contributed by atoms with Gasteiger partial charge in [-0.25, -0.2) is 0 Å². The van der Waals surface area contributed by atoms with Gasteiger partial charge in [-0.3, -0.25) is 4.79 Å². The molecule has 0 radical (unpaired) electrons. The van der Waals surface area contributed by atoms with E-state index in [2.05, 4.69) is 66.1 Å². The maximum absolute atomic E-state index is 9.96. The van der Waals surface area contributed by atoms with Crippen LogP contribution in [0.25, 0.3) is 5.01 Å². The van der Waals surface area contributed by atoms with Gasteiger partial charge in [0.15, 0.2) is 0 Å². The van der Waals surface area contributed by atoms with Crippen molar-refractivity contribution in [2.24, 2.45) is 11.1 Å². The molecule has 228 valence electrons. The predicted octanol–water partition coefficient (Wildman–Crippen LogP) is 9.43. The first-order valence-corrected chi connectivity index (χ1v) is 14.6. The van der Waals surface area contributed by atoms with Crippen LogP contribution in [0, 0.1) is 11.3 Å². The maximum Gasteiger partial charge on any atom is 0.303 e. The summed E-state index contributed by atoms with van der Waals surface area (Å²) in [5.74, 6) is 3.44. The predicted molar refractivity (Wildman–Crippen MR) is 161 cm³/mol. The second-order valence-electron chi connectivity index (χ2n) is 8.52. The summed E-state index contributed by atoms with van der Waals surface area (Å²) >= 11 is 4.28. The minimum atomic E-state index is -0.675. The number of hydrogen-bond donors (Lipinski definition) is 3. The van der Waals surface area contributed by atoms with Gasteiger partial charge in [-0.05, 0) is 32.1 Å². The van der Waals surface area contributed by atoms with E-state index in [1.54, 1.807) is 6.21 Å². The van der Waals surface area contributed by atoms with Gasteiger partial charge in [-0.2, -0.15) is 10.3 Å². The van der Waals surface area contributed by atoms with Gasteiger partial charge in [-0.1, -0.05) is 105 Å². The number of oxime groups is 1. The average Bonchev–Trinajstić information content (AvgIpc) is 2.91. The highest BCUT2D eigenvalue weighted by Crippen LogP contribution is 2.02. The molecule has 0 rings (SSSR count). The number of carboxylic acids is 1. The van der Waals surface area contributed by atoms with Crippen LogP contribution in [0.4, 0.5) is 0 Å². The zero-order valence-corrected chi connectivity index (χ0v) is 25.4. The van der Waals surface area contributed by atoms with Crippen molar-refractivity contribution < 1.29 is 24.3 Å². The van der Waals surface area contributed by atoms with Crippen molar-refractivity contribution in [3.8, 4) is 6.07 Å². The van der Waals surface area contributed by atoms with Crippen molar-refractivity contribution in [2.45, 2.75) is 156 Å². The lowest BCUT2D eigenvalue weighted by Crippen LogP contribution is -1.92. The molecule has 38 heavy (non-hydrogen) atoms. The molecule has 0 unspecified atom stereocenters. The van der Waals surface area contributed by atoms with Crippen molar-refractivity contribution in [1.82, 2.24) is 0 Å². The summed E-state index contributed by atoms with van der Waals surface area (Å²) in [6, 6.07) is 2.38. The third-order valence-electron chi connectivity index (χ3n) is 4.89. The summed E-state index contributed by atoms with van der Waals surface area (Å²) < 4.78 is 3.22. The molecule has 0 bridgehead atoms. The Morgan fingerprint density at radius 2 is 1.29 bits per heavy atom. The molecule has 10 heteroatoms. The van der Waals surface area contributed by atoms with E-state index in [1.807, 2.05) is 0 Å². The third kappa shape index (κ3) is 83.9. The Morgan fingerprint density at radius 3 is 1.66 bits per heavy atom. The van der Waals surface area contributed by atoms with E-state index in [9.17, 15) is 14.8 Å². The SMILES string of the molecule is CCCCCC/C=N/O.CCCCCCC#[N+][O-].CCCCCCC(=O)O.CCCCCCC=O.NOCl. The highest BCUT2D eigenvalue weighted by molar-refractivity contribution is 6.07. The van der Waals surface area contributed by atoms with Crippen LogP contribution in [-0.4, -0.2) is 28.8 Å². The van der Waals surface area contributed by atoms with Gasteiger partial charge < -0.3 is 20.3 Å². The topological polar surface area (TPSA) is 150 Å². The Hall–Kier alpha value is -1.89. The Bertz CT molecular complexity index is 501. The number of hydrogen-bond acceptors (Lipinski definition) is 7. The van der Waals surface area contributed by atoms with E-state index < -0.39 is 5.97 Å². The lowest BCUT2D eigenvalue weighted by Gasteiger charge is -1.92. The molecule has 0 aromatic rings. The molecule has 0 aliphatic heterocycles. The summed E-state index contributed by atoms with van der Waals surface area (Å²) in [5.41, 5.74) is 0. The molecular weight excluding hydrogens is 510 g/mol. The fraction of sp³-hybridized carbons (Fsp3) is 0.857. The first-order valence-electron chi connectivity index (χ1n) is 14.3. The molecule has 0 saturated carbocycles. The summed E-state index contributed by atoms with van der Waals surface area (Å²) in [6.45, 7) is 8.62. The first-order chi connectivity index (χ1) is 18.4. The number of carbonyl (C=O) groups excluding carboxylic acids is 1. The molecule has 0 fully saturated rings. The van der Waals surface area contributed by atoms with Crippen LogP contribution < -0.4 is 5.90 Å². The largest absolute Gasteiger partial charge is 0.498 e. The fourth-order valence-corrected chi connectivity index (χ4v) is 2.75. The van der Waals surface area contributed by atoms with E-state index in [0.29, 0.717) is 6.42 Å². The summed E-state index contributed by atoms with van der Waals surface area (Å²) in [6.07, 6.45) is 24.0. The van der Waals surface area contributed by atoms with Crippen molar-refractivity contribution in [1.29, 1.82) is 0 Å². The second kappa shape index (κ2) is 55.6. The van der Waals surface area contributed by atoms with Crippen molar-refractivity contribution in [2.75, 3.05) is 0 Å².